The molecular weight excluding hydrogens is 242 g/mol. The van der Waals surface area contributed by atoms with Gasteiger partial charge in [0.1, 0.15) is 5.60 Å². The number of hydrogen-bond acceptors (Lipinski definition) is 5. The van der Waals surface area contributed by atoms with Crippen molar-refractivity contribution in [2.75, 3.05) is 7.11 Å². The highest BCUT2D eigenvalue weighted by molar-refractivity contribution is 8.13. The van der Waals surface area contributed by atoms with Crippen molar-refractivity contribution in [1.29, 1.82) is 0 Å². The van der Waals surface area contributed by atoms with E-state index < -0.39 is 14.7 Å². The Bertz CT molecular complexity index is 466. The summed E-state index contributed by atoms with van der Waals surface area (Å²) < 4.78 is 28.6. The molecule has 86 valence electrons. The average molecular weight is 254 g/mol. The van der Waals surface area contributed by atoms with Crippen LogP contribution < -0.4 is 0 Å². The first-order valence-corrected chi connectivity index (χ1v) is 6.41. The van der Waals surface area contributed by atoms with E-state index in [9.17, 15) is 8.42 Å². The first kappa shape index (κ1) is 12.4. The lowest BCUT2D eigenvalue weighted by Gasteiger charge is -2.21. The van der Waals surface area contributed by atoms with Crippen molar-refractivity contribution >= 4 is 19.7 Å². The third-order valence-corrected chi connectivity index (χ3v) is 3.31. The Morgan fingerprint density at radius 3 is 2.27 bits per heavy atom. The third kappa shape index (κ3) is 2.30. The van der Waals surface area contributed by atoms with E-state index in [0.717, 1.165) is 0 Å². The highest BCUT2D eigenvalue weighted by atomic mass is 35.7. The molecule has 0 atom stereocenters. The SMILES string of the molecule is COC(C)(C)c1nnc(S(=O)(=O)Cl)n1C. The predicted molar refractivity (Wildman–Crippen MR) is 54.1 cm³/mol. The van der Waals surface area contributed by atoms with Gasteiger partial charge in [-0.05, 0) is 13.8 Å². The summed E-state index contributed by atoms with van der Waals surface area (Å²) in [4.78, 5) is 0. The van der Waals surface area contributed by atoms with Gasteiger partial charge in [-0.25, -0.2) is 8.42 Å². The number of aromatic nitrogens is 3. The summed E-state index contributed by atoms with van der Waals surface area (Å²) in [5, 5.41) is 6.98. The molecule has 1 heterocycles. The average Bonchev–Trinajstić information content (AvgIpc) is 2.46. The lowest BCUT2D eigenvalue weighted by molar-refractivity contribution is 0.00859. The zero-order chi connectivity index (χ0) is 11.9. The lowest BCUT2D eigenvalue weighted by Crippen LogP contribution is -2.24. The number of rotatable bonds is 3. The van der Waals surface area contributed by atoms with Crippen LogP contribution in [0.4, 0.5) is 0 Å². The highest BCUT2D eigenvalue weighted by Gasteiger charge is 2.30. The summed E-state index contributed by atoms with van der Waals surface area (Å²) in [7, 11) is 4.33. The largest absolute Gasteiger partial charge is 0.371 e. The Hall–Kier alpha value is -0.660. The van der Waals surface area contributed by atoms with Crippen LogP contribution in [0.3, 0.4) is 0 Å². The number of methoxy groups -OCH3 is 1. The summed E-state index contributed by atoms with van der Waals surface area (Å²) >= 11 is 0. The van der Waals surface area contributed by atoms with Gasteiger partial charge in [-0.2, -0.15) is 0 Å². The van der Waals surface area contributed by atoms with Crippen LogP contribution in [0.5, 0.6) is 0 Å². The number of ether oxygens (including phenoxy) is 1. The Morgan fingerprint density at radius 1 is 1.40 bits per heavy atom. The van der Waals surface area contributed by atoms with Crippen molar-refractivity contribution in [2.45, 2.75) is 24.6 Å². The van der Waals surface area contributed by atoms with Gasteiger partial charge >= 0.3 is 0 Å². The topological polar surface area (TPSA) is 74.1 Å². The molecule has 0 aromatic carbocycles. The predicted octanol–water partition coefficient (Wildman–Crippen LogP) is 0.624. The normalized spacial score (nSPS) is 13.1. The van der Waals surface area contributed by atoms with Gasteiger partial charge in [-0.1, -0.05) is 0 Å². The maximum Gasteiger partial charge on any atom is 0.296 e. The van der Waals surface area contributed by atoms with Crippen molar-refractivity contribution in [3.8, 4) is 0 Å². The molecule has 0 unspecified atom stereocenters. The fourth-order valence-electron chi connectivity index (χ4n) is 1.14. The zero-order valence-corrected chi connectivity index (χ0v) is 10.4. The van der Waals surface area contributed by atoms with E-state index in [-0.39, 0.29) is 5.16 Å². The molecule has 0 saturated carbocycles. The monoisotopic (exact) mass is 253 g/mol. The zero-order valence-electron chi connectivity index (χ0n) is 8.85. The van der Waals surface area contributed by atoms with E-state index in [0.29, 0.717) is 5.82 Å². The van der Waals surface area contributed by atoms with E-state index in [4.69, 9.17) is 15.4 Å². The molecule has 1 rings (SSSR count). The van der Waals surface area contributed by atoms with Crippen LogP contribution in [-0.4, -0.2) is 30.3 Å². The number of hydrogen-bond donors (Lipinski definition) is 0. The molecule has 8 heteroatoms. The van der Waals surface area contributed by atoms with Crippen LogP contribution in [-0.2, 0) is 26.4 Å². The first-order valence-electron chi connectivity index (χ1n) is 4.10. The second kappa shape index (κ2) is 3.73. The molecule has 1 aromatic rings. The summed E-state index contributed by atoms with van der Waals surface area (Å²) in [6.07, 6.45) is 0. The van der Waals surface area contributed by atoms with Crippen LogP contribution in [0.15, 0.2) is 5.16 Å². The molecule has 0 amide bonds. The van der Waals surface area contributed by atoms with E-state index >= 15 is 0 Å². The van der Waals surface area contributed by atoms with Crippen LogP contribution in [0.2, 0.25) is 0 Å². The summed E-state index contributed by atoms with van der Waals surface area (Å²) in [5.74, 6) is 0.393. The molecular formula is C7H12ClN3O3S. The molecule has 0 saturated heterocycles. The second-order valence-corrected chi connectivity index (χ2v) is 5.98. The van der Waals surface area contributed by atoms with Gasteiger partial charge in [0, 0.05) is 24.8 Å². The Labute approximate surface area is 92.6 Å². The van der Waals surface area contributed by atoms with Gasteiger partial charge in [0.05, 0.1) is 0 Å². The Balaban J connectivity index is 3.34. The van der Waals surface area contributed by atoms with E-state index in [1.54, 1.807) is 13.8 Å². The van der Waals surface area contributed by atoms with Crippen LogP contribution >= 0.6 is 10.7 Å². The van der Waals surface area contributed by atoms with Crippen molar-refractivity contribution in [2.24, 2.45) is 7.05 Å². The van der Waals surface area contributed by atoms with Crippen LogP contribution in [0.1, 0.15) is 19.7 Å². The quantitative estimate of drug-likeness (QED) is 0.739. The first-order chi connectivity index (χ1) is 6.70. The highest BCUT2D eigenvalue weighted by Crippen LogP contribution is 2.23. The van der Waals surface area contributed by atoms with Crippen molar-refractivity contribution in [3.05, 3.63) is 5.82 Å². The Morgan fingerprint density at radius 2 is 1.93 bits per heavy atom. The van der Waals surface area contributed by atoms with Gasteiger partial charge in [-0.15, -0.1) is 10.2 Å². The van der Waals surface area contributed by atoms with Crippen LogP contribution in [0, 0.1) is 0 Å². The molecule has 0 spiro atoms. The van der Waals surface area contributed by atoms with Crippen molar-refractivity contribution < 1.29 is 13.2 Å². The number of halogens is 1. The summed E-state index contributed by atoms with van der Waals surface area (Å²) in [6.45, 7) is 3.50. The summed E-state index contributed by atoms with van der Waals surface area (Å²) in [6, 6.07) is 0. The van der Waals surface area contributed by atoms with Gasteiger partial charge in [0.25, 0.3) is 14.2 Å². The van der Waals surface area contributed by atoms with Crippen LogP contribution in [0.25, 0.3) is 0 Å². The molecule has 0 aliphatic heterocycles. The molecule has 0 bridgehead atoms. The van der Waals surface area contributed by atoms with E-state index in [2.05, 4.69) is 10.2 Å². The van der Waals surface area contributed by atoms with E-state index in [1.165, 1.54) is 18.7 Å². The second-order valence-electron chi connectivity index (χ2n) is 3.52. The fourth-order valence-corrected chi connectivity index (χ4v) is 2.10. The van der Waals surface area contributed by atoms with Crippen molar-refractivity contribution in [3.63, 3.8) is 0 Å². The van der Waals surface area contributed by atoms with E-state index in [1.807, 2.05) is 0 Å². The third-order valence-electron chi connectivity index (χ3n) is 2.10. The lowest BCUT2D eigenvalue weighted by atomic mass is 10.1. The van der Waals surface area contributed by atoms with Crippen molar-refractivity contribution in [1.82, 2.24) is 14.8 Å². The molecule has 0 N–H and O–H groups in total. The Kier molecular flexibility index (Phi) is 3.09. The maximum absolute atomic E-state index is 11.1. The molecule has 0 fully saturated rings. The van der Waals surface area contributed by atoms with Gasteiger partial charge in [0.15, 0.2) is 5.82 Å². The number of nitrogens with zero attached hydrogens (tertiary/aromatic N) is 3. The maximum atomic E-state index is 11.1. The minimum atomic E-state index is -3.88. The van der Waals surface area contributed by atoms with Gasteiger partial charge in [0.2, 0.25) is 0 Å². The smallest absolute Gasteiger partial charge is 0.296 e. The molecule has 0 aliphatic rings. The minimum Gasteiger partial charge on any atom is -0.371 e. The molecule has 0 radical (unpaired) electrons. The standard InChI is InChI=1S/C7H12ClN3O3S/c1-7(2,14-4)5-9-10-6(11(5)3)15(8,12)13/h1-4H3. The molecule has 15 heavy (non-hydrogen) atoms. The summed E-state index contributed by atoms with van der Waals surface area (Å²) in [5.41, 5.74) is -0.721. The molecule has 1 aromatic heterocycles. The molecule has 0 aliphatic carbocycles. The van der Waals surface area contributed by atoms with Gasteiger partial charge in [-0.3, -0.25) is 0 Å². The minimum absolute atomic E-state index is 0.288. The van der Waals surface area contributed by atoms with Gasteiger partial charge < -0.3 is 9.30 Å². The fraction of sp³-hybridized carbons (Fsp3) is 0.714. The molecule has 6 nitrogen and oxygen atoms in total.